The van der Waals surface area contributed by atoms with Gasteiger partial charge in [-0.05, 0) is 51.8 Å². The Balaban J connectivity index is 1.73. The molecule has 1 heterocycles. The first kappa shape index (κ1) is 12.3. The number of hydrogen-bond acceptors (Lipinski definition) is 3. The Morgan fingerprint density at radius 3 is 2.26 bits per heavy atom. The van der Waals surface area contributed by atoms with Crippen LogP contribution in [0.1, 0.15) is 11.7 Å². The average Bonchev–Trinajstić information content (AvgIpc) is 2.87. The molecule has 1 atom stereocenters. The molecule has 96 valence electrons. The molecule has 0 saturated carbocycles. The van der Waals surface area contributed by atoms with Gasteiger partial charge in [-0.2, -0.15) is 0 Å². The van der Waals surface area contributed by atoms with Crippen LogP contribution in [0, 0.1) is 0 Å². The maximum absolute atomic E-state index is 5.74. The Morgan fingerprint density at radius 2 is 1.63 bits per heavy atom. The first-order valence-electron chi connectivity index (χ1n) is 5.93. The molecule has 1 N–H and O–H groups in total. The number of rotatable bonds is 3. The molecule has 1 aliphatic heterocycles. The van der Waals surface area contributed by atoms with Crippen molar-refractivity contribution >= 4 is 15.9 Å². The Labute approximate surface area is 119 Å². The second-order valence-corrected chi connectivity index (χ2v) is 4.99. The summed E-state index contributed by atoms with van der Waals surface area (Å²) in [5.74, 6) is 1.64. The fourth-order valence-electron chi connectivity index (χ4n) is 1.84. The van der Waals surface area contributed by atoms with Gasteiger partial charge in [-0.25, -0.2) is 0 Å². The van der Waals surface area contributed by atoms with Crippen molar-refractivity contribution in [2.24, 2.45) is 0 Å². The number of para-hydroxylation sites is 1. The first-order chi connectivity index (χ1) is 9.31. The highest BCUT2D eigenvalue weighted by molar-refractivity contribution is 9.11. The summed E-state index contributed by atoms with van der Waals surface area (Å²) >= 11 is 3.33. The number of hydrogen-bond donors (Lipinski definition) is 1. The zero-order chi connectivity index (χ0) is 13.1. The monoisotopic (exact) mass is 317 g/mol. The molecule has 4 heteroatoms. The fourth-order valence-corrected chi connectivity index (χ4v) is 2.17. The van der Waals surface area contributed by atoms with Crippen LogP contribution in [0.4, 0.5) is 0 Å². The van der Waals surface area contributed by atoms with Crippen molar-refractivity contribution in [3.8, 4) is 11.5 Å². The van der Waals surface area contributed by atoms with Gasteiger partial charge < -0.3 is 4.74 Å². The van der Waals surface area contributed by atoms with E-state index in [0.29, 0.717) is 0 Å². The second-order valence-electron chi connectivity index (χ2n) is 4.14. The van der Waals surface area contributed by atoms with E-state index in [1.807, 2.05) is 60.7 Å². The van der Waals surface area contributed by atoms with E-state index in [9.17, 15) is 0 Å². The lowest BCUT2D eigenvalue weighted by Gasteiger charge is -2.09. The lowest BCUT2D eigenvalue weighted by atomic mass is 10.1. The molecule has 0 aliphatic carbocycles. The molecule has 3 rings (SSSR count). The van der Waals surface area contributed by atoms with Crippen LogP contribution in [0.3, 0.4) is 0 Å². The second kappa shape index (κ2) is 5.47. The molecule has 0 unspecified atom stereocenters. The highest BCUT2D eigenvalue weighted by Gasteiger charge is 2.16. The minimum absolute atomic E-state index is 0.0693. The summed E-state index contributed by atoms with van der Waals surface area (Å²) in [6.07, 6.45) is 1.90. The van der Waals surface area contributed by atoms with E-state index in [1.165, 1.54) is 0 Å². The molecular formula is C15H12BrNO2. The van der Waals surface area contributed by atoms with Crippen molar-refractivity contribution in [1.29, 1.82) is 0 Å². The number of benzene rings is 2. The van der Waals surface area contributed by atoms with E-state index < -0.39 is 0 Å². The summed E-state index contributed by atoms with van der Waals surface area (Å²) in [4.78, 5) is 5.38. The highest BCUT2D eigenvalue weighted by atomic mass is 79.9. The number of ether oxygens (including phenoxy) is 1. The number of nitrogens with one attached hydrogen (secondary N) is 1. The summed E-state index contributed by atoms with van der Waals surface area (Å²) in [6, 6.07) is 17.6. The van der Waals surface area contributed by atoms with E-state index in [2.05, 4.69) is 21.4 Å². The van der Waals surface area contributed by atoms with Crippen LogP contribution in [0.5, 0.6) is 11.5 Å². The zero-order valence-electron chi connectivity index (χ0n) is 10.0. The van der Waals surface area contributed by atoms with Crippen molar-refractivity contribution in [3.05, 3.63) is 70.8 Å². The maximum Gasteiger partial charge on any atom is 0.131 e. The van der Waals surface area contributed by atoms with Crippen molar-refractivity contribution in [3.63, 3.8) is 0 Å². The summed E-state index contributed by atoms with van der Waals surface area (Å²) in [5, 5.41) is 0. The molecule has 2 aromatic rings. The molecule has 1 aliphatic rings. The van der Waals surface area contributed by atoms with E-state index in [4.69, 9.17) is 9.57 Å². The zero-order valence-corrected chi connectivity index (χ0v) is 11.6. The third-order valence-electron chi connectivity index (χ3n) is 2.77. The Hall–Kier alpha value is -1.78. The van der Waals surface area contributed by atoms with Gasteiger partial charge in [-0.15, -0.1) is 0 Å². The summed E-state index contributed by atoms with van der Waals surface area (Å²) in [5.41, 5.74) is 3.84. The minimum Gasteiger partial charge on any atom is -0.457 e. The quantitative estimate of drug-likeness (QED) is 0.856. The fraction of sp³-hybridized carbons (Fsp3) is 0.0667. The summed E-state index contributed by atoms with van der Waals surface area (Å²) in [6.45, 7) is 0. The third kappa shape index (κ3) is 2.97. The average molecular weight is 318 g/mol. The summed E-state index contributed by atoms with van der Waals surface area (Å²) in [7, 11) is 0. The van der Waals surface area contributed by atoms with Gasteiger partial charge in [0.05, 0.1) is 0 Å². The van der Waals surface area contributed by atoms with Crippen LogP contribution < -0.4 is 10.2 Å². The predicted molar refractivity (Wildman–Crippen MR) is 76.9 cm³/mol. The standard InChI is InChI=1S/C15H12BrNO2/c16-15-10-14(19-17-15)11-6-8-13(9-7-11)18-12-4-2-1-3-5-12/h1-10,14,17H/t14-/m1/s1. The molecule has 0 saturated heterocycles. The van der Waals surface area contributed by atoms with Gasteiger partial charge in [-0.1, -0.05) is 30.3 Å². The Kier molecular flexibility index (Phi) is 3.53. The Morgan fingerprint density at radius 1 is 0.947 bits per heavy atom. The van der Waals surface area contributed by atoms with Gasteiger partial charge in [0.1, 0.15) is 22.2 Å². The molecule has 0 fully saturated rings. The SMILES string of the molecule is BrC1=C[C@H](c2ccc(Oc3ccccc3)cc2)ON1. The van der Waals surface area contributed by atoms with Crippen molar-refractivity contribution < 1.29 is 9.57 Å². The van der Waals surface area contributed by atoms with Gasteiger partial charge in [-0.3, -0.25) is 10.3 Å². The van der Waals surface area contributed by atoms with E-state index in [0.717, 1.165) is 21.7 Å². The van der Waals surface area contributed by atoms with Crippen LogP contribution in [-0.2, 0) is 4.84 Å². The van der Waals surface area contributed by atoms with Crippen molar-refractivity contribution in [1.82, 2.24) is 5.48 Å². The normalized spacial score (nSPS) is 17.7. The smallest absolute Gasteiger partial charge is 0.131 e. The molecule has 0 aromatic heterocycles. The first-order valence-corrected chi connectivity index (χ1v) is 6.72. The van der Waals surface area contributed by atoms with Gasteiger partial charge in [0, 0.05) is 0 Å². The van der Waals surface area contributed by atoms with Gasteiger partial charge >= 0.3 is 0 Å². The number of hydroxylamine groups is 1. The van der Waals surface area contributed by atoms with Crippen LogP contribution in [0.25, 0.3) is 0 Å². The molecular weight excluding hydrogens is 306 g/mol. The Bertz CT molecular complexity index is 581. The van der Waals surface area contributed by atoms with Crippen molar-refractivity contribution in [2.45, 2.75) is 6.10 Å². The van der Waals surface area contributed by atoms with Gasteiger partial charge in [0.2, 0.25) is 0 Å². The van der Waals surface area contributed by atoms with E-state index in [1.54, 1.807) is 0 Å². The topological polar surface area (TPSA) is 30.5 Å². The lowest BCUT2D eigenvalue weighted by Crippen LogP contribution is -2.05. The third-order valence-corrected chi connectivity index (χ3v) is 3.19. The molecule has 0 radical (unpaired) electrons. The molecule has 0 amide bonds. The van der Waals surface area contributed by atoms with E-state index >= 15 is 0 Å². The molecule has 0 spiro atoms. The molecule has 19 heavy (non-hydrogen) atoms. The predicted octanol–water partition coefficient (Wildman–Crippen LogP) is 4.29. The summed E-state index contributed by atoms with van der Waals surface area (Å²) < 4.78 is 6.59. The molecule has 0 bridgehead atoms. The lowest BCUT2D eigenvalue weighted by molar-refractivity contribution is 0.0458. The van der Waals surface area contributed by atoms with Crippen molar-refractivity contribution in [2.75, 3.05) is 0 Å². The molecule has 3 nitrogen and oxygen atoms in total. The van der Waals surface area contributed by atoms with Gasteiger partial charge in [0.25, 0.3) is 0 Å². The van der Waals surface area contributed by atoms with Crippen LogP contribution in [-0.4, -0.2) is 0 Å². The van der Waals surface area contributed by atoms with Crippen LogP contribution >= 0.6 is 15.9 Å². The number of halogens is 1. The van der Waals surface area contributed by atoms with Crippen LogP contribution in [0.2, 0.25) is 0 Å². The van der Waals surface area contributed by atoms with E-state index in [-0.39, 0.29) is 6.10 Å². The highest BCUT2D eigenvalue weighted by Crippen LogP contribution is 2.28. The molecule has 2 aromatic carbocycles. The minimum atomic E-state index is -0.0693. The van der Waals surface area contributed by atoms with Gasteiger partial charge in [0.15, 0.2) is 0 Å². The largest absolute Gasteiger partial charge is 0.457 e. The maximum atomic E-state index is 5.74. The van der Waals surface area contributed by atoms with Crippen LogP contribution in [0.15, 0.2) is 65.3 Å².